The molecule has 0 bridgehead atoms. The van der Waals surface area contributed by atoms with E-state index in [0.717, 1.165) is 0 Å². The molecule has 0 saturated heterocycles. The topological polar surface area (TPSA) is 0 Å². The van der Waals surface area contributed by atoms with Gasteiger partial charge in [-0.25, -0.2) is 0 Å². The lowest BCUT2D eigenvalue weighted by molar-refractivity contribution is -0.929. The number of nitrogens with zero attached hydrogens (tertiary/aromatic N) is 1. The van der Waals surface area contributed by atoms with E-state index in [0.29, 0.717) is 0 Å². The molecule has 0 unspecified atom stereocenters. The van der Waals surface area contributed by atoms with Crippen LogP contribution in [0.2, 0.25) is 0 Å². The van der Waals surface area contributed by atoms with Gasteiger partial charge in [-0.3, -0.25) is 0 Å². The molecule has 0 aromatic rings. The minimum Gasteiger partial charge on any atom is -0.324 e. The van der Waals surface area contributed by atoms with Gasteiger partial charge in [-0.1, -0.05) is 246 Å². The minimum absolute atomic E-state index is 1.37. The molecule has 0 aromatic carbocycles. The zero-order chi connectivity index (χ0) is 37.0. The molecule has 51 heavy (non-hydrogen) atoms. The summed E-state index contributed by atoms with van der Waals surface area (Å²) in [6.07, 6.45) is 61.7. The van der Waals surface area contributed by atoms with E-state index in [9.17, 15) is 0 Å². The van der Waals surface area contributed by atoms with E-state index in [4.69, 9.17) is 0 Å². The quantitative estimate of drug-likeness (QED) is 0.0434. The lowest BCUT2D eigenvalue weighted by Gasteiger charge is -2.40. The molecule has 0 spiro atoms. The Hall–Kier alpha value is -0.0400. The molecule has 0 N–H and O–H groups in total. The van der Waals surface area contributed by atoms with Crippen LogP contribution in [0.3, 0.4) is 0 Å². The van der Waals surface area contributed by atoms with Crippen LogP contribution >= 0.6 is 0 Å². The highest BCUT2D eigenvalue weighted by molar-refractivity contribution is 4.56. The van der Waals surface area contributed by atoms with E-state index in [2.05, 4.69) is 27.7 Å². The number of unbranched alkanes of at least 4 members (excludes halogenated alkanes) is 38. The normalized spacial score (nSPS) is 12.0. The molecule has 0 rings (SSSR count). The number of rotatable bonds is 46. The lowest BCUT2D eigenvalue weighted by atomic mass is 10.0. The molecule has 308 valence electrons. The summed E-state index contributed by atoms with van der Waals surface area (Å²) in [4.78, 5) is 0. The SMILES string of the molecule is CCCCCCCCCCCCCC[N+](CCCCCCCC)(CCCCCCCCCCCCCC)CCCCCCCCCCCCCC. The van der Waals surface area contributed by atoms with Crippen LogP contribution < -0.4 is 0 Å². The number of hydrogen-bond acceptors (Lipinski definition) is 0. The third-order valence-corrected chi connectivity index (χ3v) is 12.4. The van der Waals surface area contributed by atoms with Crippen molar-refractivity contribution >= 4 is 0 Å². The van der Waals surface area contributed by atoms with Crippen LogP contribution in [0.1, 0.15) is 297 Å². The van der Waals surface area contributed by atoms with Crippen molar-refractivity contribution in [2.75, 3.05) is 26.2 Å². The fourth-order valence-corrected chi connectivity index (χ4v) is 8.76. The average molecular weight is 719 g/mol. The average Bonchev–Trinajstić information content (AvgIpc) is 3.14. The van der Waals surface area contributed by atoms with Gasteiger partial charge in [0.2, 0.25) is 0 Å². The van der Waals surface area contributed by atoms with Crippen LogP contribution in [0, 0.1) is 0 Å². The molecular weight excluding hydrogens is 615 g/mol. The predicted octanol–water partition coefficient (Wildman–Crippen LogP) is 18.3. The number of hydrogen-bond donors (Lipinski definition) is 0. The molecule has 1 heteroatoms. The summed E-state index contributed by atoms with van der Waals surface area (Å²) in [6, 6.07) is 0. The van der Waals surface area contributed by atoms with Crippen molar-refractivity contribution < 1.29 is 4.48 Å². The first-order chi connectivity index (χ1) is 25.2. The van der Waals surface area contributed by atoms with Gasteiger partial charge in [-0.15, -0.1) is 0 Å². The largest absolute Gasteiger partial charge is 0.324 e. The van der Waals surface area contributed by atoms with E-state index < -0.39 is 0 Å². The smallest absolute Gasteiger partial charge is 0.0786 e. The highest BCUT2D eigenvalue weighted by Gasteiger charge is 2.25. The molecule has 0 aliphatic carbocycles. The molecule has 1 nitrogen and oxygen atoms in total. The summed E-state index contributed by atoms with van der Waals surface area (Å²) < 4.78 is 1.49. The van der Waals surface area contributed by atoms with E-state index >= 15 is 0 Å². The van der Waals surface area contributed by atoms with Crippen molar-refractivity contribution in [1.29, 1.82) is 0 Å². The van der Waals surface area contributed by atoms with Gasteiger partial charge in [-0.05, 0) is 51.4 Å². The van der Waals surface area contributed by atoms with Crippen molar-refractivity contribution in [3.05, 3.63) is 0 Å². The van der Waals surface area contributed by atoms with E-state index in [1.807, 2.05) is 0 Å². The van der Waals surface area contributed by atoms with Crippen LogP contribution in [0.25, 0.3) is 0 Å². The third kappa shape index (κ3) is 39.5. The Morgan fingerprint density at radius 1 is 0.157 bits per heavy atom. The Labute approximate surface area is 327 Å². The first-order valence-electron chi connectivity index (χ1n) is 25.1. The highest BCUT2D eigenvalue weighted by Crippen LogP contribution is 2.22. The third-order valence-electron chi connectivity index (χ3n) is 12.4. The Kier molecular flexibility index (Phi) is 44.3. The standard InChI is InChI=1S/C50H104N/c1-5-9-13-17-21-24-27-30-33-36-40-44-48-51(47-43-39-20-16-12-8-4,49-45-41-37-34-31-28-25-22-18-14-10-6-2)50-46-42-38-35-32-29-26-23-19-15-11-7-3/h5-50H2,1-4H3/q+1. The zero-order valence-corrected chi connectivity index (χ0v) is 37.0. The van der Waals surface area contributed by atoms with Gasteiger partial charge < -0.3 is 4.48 Å². The molecule has 0 aromatic heterocycles. The summed E-state index contributed by atoms with van der Waals surface area (Å²) in [5.74, 6) is 0. The van der Waals surface area contributed by atoms with Crippen LogP contribution in [0.15, 0.2) is 0 Å². The fraction of sp³-hybridized carbons (Fsp3) is 1.00. The van der Waals surface area contributed by atoms with Crippen molar-refractivity contribution in [1.82, 2.24) is 0 Å². The zero-order valence-electron chi connectivity index (χ0n) is 37.0. The second-order valence-corrected chi connectivity index (χ2v) is 17.7. The Bertz CT molecular complexity index is 529. The molecule has 0 radical (unpaired) electrons. The summed E-state index contributed by atoms with van der Waals surface area (Å²) in [7, 11) is 0. The summed E-state index contributed by atoms with van der Waals surface area (Å²) in [5.41, 5.74) is 0. The van der Waals surface area contributed by atoms with Gasteiger partial charge >= 0.3 is 0 Å². The number of quaternary nitrogens is 1. The van der Waals surface area contributed by atoms with Crippen molar-refractivity contribution in [3.8, 4) is 0 Å². The van der Waals surface area contributed by atoms with E-state index in [1.165, 1.54) is 300 Å². The predicted molar refractivity (Wildman–Crippen MR) is 236 cm³/mol. The van der Waals surface area contributed by atoms with Gasteiger partial charge in [0.15, 0.2) is 0 Å². The summed E-state index contributed by atoms with van der Waals surface area (Å²) in [5, 5.41) is 0. The second-order valence-electron chi connectivity index (χ2n) is 17.7. The Balaban J connectivity index is 4.75. The van der Waals surface area contributed by atoms with E-state index in [1.54, 1.807) is 0 Å². The maximum absolute atomic E-state index is 2.36. The van der Waals surface area contributed by atoms with Gasteiger partial charge in [0.05, 0.1) is 26.2 Å². The van der Waals surface area contributed by atoms with Gasteiger partial charge in [0.1, 0.15) is 0 Å². The first kappa shape index (κ1) is 51.0. The molecule has 0 saturated carbocycles. The van der Waals surface area contributed by atoms with Crippen LogP contribution in [-0.4, -0.2) is 30.7 Å². The van der Waals surface area contributed by atoms with Crippen molar-refractivity contribution in [3.63, 3.8) is 0 Å². The monoisotopic (exact) mass is 719 g/mol. The Morgan fingerprint density at radius 3 is 0.412 bits per heavy atom. The maximum Gasteiger partial charge on any atom is 0.0786 e. The highest BCUT2D eigenvalue weighted by atomic mass is 15.3. The minimum atomic E-state index is 1.37. The molecular formula is C50H104N+. The molecule has 0 amide bonds. The summed E-state index contributed by atoms with van der Waals surface area (Å²) in [6.45, 7) is 15.3. The van der Waals surface area contributed by atoms with Crippen LogP contribution in [0.4, 0.5) is 0 Å². The Morgan fingerprint density at radius 2 is 0.275 bits per heavy atom. The van der Waals surface area contributed by atoms with Crippen molar-refractivity contribution in [2.45, 2.75) is 297 Å². The summed E-state index contributed by atoms with van der Waals surface area (Å²) >= 11 is 0. The maximum atomic E-state index is 2.36. The van der Waals surface area contributed by atoms with Crippen molar-refractivity contribution in [2.24, 2.45) is 0 Å². The van der Waals surface area contributed by atoms with Gasteiger partial charge in [0.25, 0.3) is 0 Å². The first-order valence-corrected chi connectivity index (χ1v) is 25.1. The lowest BCUT2D eigenvalue weighted by Crippen LogP contribution is -2.50. The van der Waals surface area contributed by atoms with Crippen LogP contribution in [-0.2, 0) is 0 Å². The van der Waals surface area contributed by atoms with E-state index in [-0.39, 0.29) is 0 Å². The van der Waals surface area contributed by atoms with Gasteiger partial charge in [0, 0.05) is 0 Å². The molecule has 0 fully saturated rings. The molecule has 0 aliphatic rings. The van der Waals surface area contributed by atoms with Gasteiger partial charge in [-0.2, -0.15) is 0 Å². The molecule has 0 atom stereocenters. The molecule has 0 aliphatic heterocycles. The second kappa shape index (κ2) is 44.4. The fourth-order valence-electron chi connectivity index (χ4n) is 8.76. The van der Waals surface area contributed by atoms with Crippen LogP contribution in [0.5, 0.6) is 0 Å². The molecule has 0 heterocycles.